The van der Waals surface area contributed by atoms with Crippen molar-refractivity contribution in [2.45, 2.75) is 6.54 Å². The Morgan fingerprint density at radius 1 is 0.900 bits per heavy atom. The Kier molecular flexibility index (Phi) is 5.18. The summed E-state index contributed by atoms with van der Waals surface area (Å²) in [5.74, 6) is -0.903. The summed E-state index contributed by atoms with van der Waals surface area (Å²) in [6.07, 6.45) is 0. The molecule has 9 heteroatoms. The molecule has 2 amide bonds. The third-order valence-corrected chi connectivity index (χ3v) is 5.21. The van der Waals surface area contributed by atoms with Crippen molar-refractivity contribution in [3.63, 3.8) is 0 Å². The van der Waals surface area contributed by atoms with Gasteiger partial charge >= 0.3 is 5.69 Å². The fourth-order valence-electron chi connectivity index (χ4n) is 3.57. The van der Waals surface area contributed by atoms with Crippen molar-refractivity contribution in [1.29, 1.82) is 0 Å². The van der Waals surface area contributed by atoms with Crippen LogP contribution in [0.4, 0.5) is 4.39 Å². The summed E-state index contributed by atoms with van der Waals surface area (Å²) >= 11 is 0. The van der Waals surface area contributed by atoms with Crippen LogP contribution in [0.15, 0.2) is 58.1 Å². The van der Waals surface area contributed by atoms with Crippen molar-refractivity contribution in [2.75, 3.05) is 26.2 Å². The zero-order valence-corrected chi connectivity index (χ0v) is 16.0. The second-order valence-corrected chi connectivity index (χ2v) is 7.04. The van der Waals surface area contributed by atoms with E-state index >= 15 is 0 Å². The molecule has 4 rings (SSSR count). The van der Waals surface area contributed by atoms with Crippen LogP contribution in [0.25, 0.3) is 10.9 Å². The summed E-state index contributed by atoms with van der Waals surface area (Å²) in [5, 5.41) is 0.333. The zero-order chi connectivity index (χ0) is 21.3. The van der Waals surface area contributed by atoms with Gasteiger partial charge in [-0.1, -0.05) is 12.1 Å². The summed E-state index contributed by atoms with van der Waals surface area (Å²) in [4.78, 5) is 54.9. The predicted octanol–water partition coefficient (Wildman–Crippen LogP) is 0.813. The first-order valence-corrected chi connectivity index (χ1v) is 9.48. The minimum absolute atomic E-state index is 0.206. The molecule has 0 radical (unpaired) electrons. The van der Waals surface area contributed by atoms with E-state index in [9.17, 15) is 23.6 Å². The number of halogens is 1. The molecule has 0 atom stereocenters. The first kappa shape index (κ1) is 19.6. The standard InChI is InChI=1S/C21H19FN4O4/c22-15-7-5-14(6-8-15)20(29)25-11-9-24(10-12-25)18(27)13-26-17-4-2-1-3-16(17)19(28)23-21(26)30/h1-8H,9-13H2,(H,23,28,30). The number of nitrogens with zero attached hydrogens (tertiary/aromatic N) is 3. The van der Waals surface area contributed by atoms with Gasteiger partial charge < -0.3 is 9.80 Å². The summed E-state index contributed by atoms with van der Waals surface area (Å²) in [6.45, 7) is 1.11. The first-order valence-electron chi connectivity index (χ1n) is 9.48. The summed E-state index contributed by atoms with van der Waals surface area (Å²) in [7, 11) is 0. The average molecular weight is 410 g/mol. The third-order valence-electron chi connectivity index (χ3n) is 5.21. The van der Waals surface area contributed by atoms with Crippen molar-refractivity contribution in [1.82, 2.24) is 19.4 Å². The van der Waals surface area contributed by atoms with Crippen LogP contribution in [-0.2, 0) is 11.3 Å². The van der Waals surface area contributed by atoms with E-state index in [-0.39, 0.29) is 18.4 Å². The van der Waals surface area contributed by atoms with Crippen LogP contribution in [0.1, 0.15) is 10.4 Å². The average Bonchev–Trinajstić information content (AvgIpc) is 2.76. The van der Waals surface area contributed by atoms with Crippen LogP contribution in [0.2, 0.25) is 0 Å². The van der Waals surface area contributed by atoms with Crippen LogP contribution < -0.4 is 11.2 Å². The lowest BCUT2D eigenvalue weighted by Crippen LogP contribution is -2.51. The van der Waals surface area contributed by atoms with Gasteiger partial charge in [0.2, 0.25) is 5.91 Å². The van der Waals surface area contributed by atoms with Gasteiger partial charge in [0.1, 0.15) is 12.4 Å². The van der Waals surface area contributed by atoms with Gasteiger partial charge in [-0.15, -0.1) is 0 Å². The summed E-state index contributed by atoms with van der Waals surface area (Å²) in [5.41, 5.74) is -0.350. The molecule has 8 nitrogen and oxygen atoms in total. The fraction of sp³-hybridized carbons (Fsp3) is 0.238. The lowest BCUT2D eigenvalue weighted by Gasteiger charge is -2.35. The normalized spacial score (nSPS) is 14.2. The molecular formula is C21H19FN4O4. The second kappa shape index (κ2) is 7.94. The number of hydrogen-bond donors (Lipinski definition) is 1. The van der Waals surface area contributed by atoms with Crippen molar-refractivity contribution in [2.24, 2.45) is 0 Å². The first-order chi connectivity index (χ1) is 14.4. The number of piperazine rings is 1. The molecule has 1 aliphatic rings. The molecule has 0 unspecified atom stereocenters. The van der Waals surface area contributed by atoms with Gasteiger partial charge in [0.05, 0.1) is 10.9 Å². The molecular weight excluding hydrogens is 391 g/mol. The second-order valence-electron chi connectivity index (χ2n) is 7.04. The number of nitrogens with one attached hydrogen (secondary N) is 1. The van der Waals surface area contributed by atoms with E-state index in [1.54, 1.807) is 34.1 Å². The number of rotatable bonds is 3. The molecule has 0 aliphatic carbocycles. The van der Waals surface area contributed by atoms with Crippen LogP contribution in [-0.4, -0.2) is 57.3 Å². The highest BCUT2D eigenvalue weighted by molar-refractivity contribution is 5.94. The summed E-state index contributed by atoms with van der Waals surface area (Å²) in [6, 6.07) is 11.9. The van der Waals surface area contributed by atoms with E-state index in [0.717, 1.165) is 0 Å². The molecule has 1 aromatic heterocycles. The highest BCUT2D eigenvalue weighted by atomic mass is 19.1. The van der Waals surface area contributed by atoms with Crippen LogP contribution in [0.3, 0.4) is 0 Å². The topological polar surface area (TPSA) is 95.5 Å². The Morgan fingerprint density at radius 3 is 2.23 bits per heavy atom. The molecule has 1 N–H and O–H groups in total. The number of aromatic amines is 1. The molecule has 0 spiro atoms. The van der Waals surface area contributed by atoms with Crippen LogP contribution >= 0.6 is 0 Å². The Hall–Kier alpha value is -3.75. The van der Waals surface area contributed by atoms with Crippen LogP contribution in [0, 0.1) is 5.82 Å². The molecule has 30 heavy (non-hydrogen) atoms. The maximum atomic E-state index is 13.0. The molecule has 3 aromatic rings. The SMILES string of the molecule is O=C(Cn1c(=O)[nH]c(=O)c2ccccc21)N1CCN(C(=O)c2ccc(F)cc2)CC1. The molecule has 2 aromatic carbocycles. The van der Waals surface area contributed by atoms with E-state index in [1.165, 1.54) is 28.8 Å². The quantitative estimate of drug-likeness (QED) is 0.691. The number of para-hydroxylation sites is 1. The maximum Gasteiger partial charge on any atom is 0.329 e. The van der Waals surface area contributed by atoms with Gasteiger partial charge in [-0.25, -0.2) is 9.18 Å². The van der Waals surface area contributed by atoms with Crippen molar-refractivity contribution in [3.05, 3.63) is 80.7 Å². The van der Waals surface area contributed by atoms with Crippen molar-refractivity contribution >= 4 is 22.7 Å². The minimum Gasteiger partial charge on any atom is -0.338 e. The van der Waals surface area contributed by atoms with Gasteiger partial charge in [-0.3, -0.25) is 23.9 Å². The number of aromatic nitrogens is 2. The van der Waals surface area contributed by atoms with Crippen molar-refractivity contribution < 1.29 is 14.0 Å². The molecule has 1 fully saturated rings. The number of carbonyl (C=O) groups excluding carboxylic acids is 2. The molecule has 0 bridgehead atoms. The lowest BCUT2D eigenvalue weighted by molar-refractivity contribution is -0.133. The van der Waals surface area contributed by atoms with E-state index in [4.69, 9.17) is 0 Å². The van der Waals surface area contributed by atoms with E-state index < -0.39 is 17.1 Å². The van der Waals surface area contributed by atoms with E-state index in [1.807, 2.05) is 0 Å². The summed E-state index contributed by atoms with van der Waals surface area (Å²) < 4.78 is 14.3. The molecule has 154 valence electrons. The lowest BCUT2D eigenvalue weighted by atomic mass is 10.1. The Morgan fingerprint density at radius 2 is 1.53 bits per heavy atom. The van der Waals surface area contributed by atoms with Crippen LogP contribution in [0.5, 0.6) is 0 Å². The monoisotopic (exact) mass is 410 g/mol. The smallest absolute Gasteiger partial charge is 0.329 e. The molecule has 1 aliphatic heterocycles. The number of amides is 2. The number of H-pyrrole nitrogens is 1. The van der Waals surface area contributed by atoms with Gasteiger partial charge in [-0.2, -0.15) is 0 Å². The van der Waals surface area contributed by atoms with Gasteiger partial charge in [0.25, 0.3) is 11.5 Å². The van der Waals surface area contributed by atoms with E-state index in [0.29, 0.717) is 42.6 Å². The minimum atomic E-state index is -0.642. The number of hydrogen-bond acceptors (Lipinski definition) is 4. The number of fused-ring (bicyclic) bond motifs is 1. The maximum absolute atomic E-state index is 13.0. The highest BCUT2D eigenvalue weighted by Crippen LogP contribution is 2.12. The Bertz CT molecular complexity index is 1220. The Balaban J connectivity index is 1.45. The fourth-order valence-corrected chi connectivity index (χ4v) is 3.57. The Labute approximate surface area is 170 Å². The predicted molar refractivity (Wildman–Crippen MR) is 108 cm³/mol. The third kappa shape index (κ3) is 3.73. The van der Waals surface area contributed by atoms with Gasteiger partial charge in [0.15, 0.2) is 0 Å². The molecule has 2 heterocycles. The van der Waals surface area contributed by atoms with Crippen molar-refractivity contribution in [3.8, 4) is 0 Å². The molecule has 0 saturated carbocycles. The van der Waals surface area contributed by atoms with Gasteiger partial charge in [-0.05, 0) is 36.4 Å². The highest BCUT2D eigenvalue weighted by Gasteiger charge is 2.25. The largest absolute Gasteiger partial charge is 0.338 e. The van der Waals surface area contributed by atoms with E-state index in [2.05, 4.69) is 4.98 Å². The number of carbonyl (C=O) groups is 2. The molecule has 1 saturated heterocycles. The number of benzene rings is 2. The van der Waals surface area contributed by atoms with Gasteiger partial charge in [0, 0.05) is 31.7 Å². The zero-order valence-electron chi connectivity index (χ0n) is 16.0.